The molecule has 0 aromatic heterocycles. The van der Waals surface area contributed by atoms with Gasteiger partial charge in [-0.1, -0.05) is 27.7 Å². The fraction of sp³-hybridized carbons (Fsp3) is 1.00. The molecule has 4 heteroatoms. The summed E-state index contributed by atoms with van der Waals surface area (Å²) in [7, 11) is -2.94. The van der Waals surface area contributed by atoms with Crippen molar-refractivity contribution in [3.63, 3.8) is 0 Å². The van der Waals surface area contributed by atoms with E-state index in [-0.39, 0.29) is 0 Å². The molecule has 0 aromatic rings. The van der Waals surface area contributed by atoms with Crippen LogP contribution in [0.25, 0.3) is 0 Å². The highest BCUT2D eigenvalue weighted by molar-refractivity contribution is 7.88. The zero-order chi connectivity index (χ0) is 10.2. The lowest BCUT2D eigenvalue weighted by Gasteiger charge is -2.15. The molecule has 0 rings (SSSR count). The van der Waals surface area contributed by atoms with Crippen molar-refractivity contribution >= 4 is 10.0 Å². The molecule has 0 spiro atoms. The van der Waals surface area contributed by atoms with Crippen LogP contribution in [0.3, 0.4) is 0 Å². The molecular weight excluding hydrogens is 174 g/mol. The van der Waals surface area contributed by atoms with Crippen LogP contribution in [0.2, 0.25) is 0 Å². The van der Waals surface area contributed by atoms with Crippen LogP contribution < -0.4 is 0 Å². The van der Waals surface area contributed by atoms with E-state index in [9.17, 15) is 8.42 Å². The maximum Gasteiger partial charge on any atom is 0.211 e. The predicted octanol–water partition coefficient (Wildman–Crippen LogP) is 1.70. The van der Waals surface area contributed by atoms with Gasteiger partial charge in [0.1, 0.15) is 0 Å². The summed E-state index contributed by atoms with van der Waals surface area (Å²) in [4.78, 5) is 0. The molecule has 0 heterocycles. The summed E-state index contributed by atoms with van der Waals surface area (Å²) in [6.45, 7) is 9.02. The molecule has 0 saturated carbocycles. The third-order valence-corrected chi connectivity index (χ3v) is 2.67. The van der Waals surface area contributed by atoms with Crippen LogP contribution >= 0.6 is 0 Å². The van der Waals surface area contributed by atoms with Crippen LogP contribution in [0.4, 0.5) is 0 Å². The van der Waals surface area contributed by atoms with Crippen LogP contribution in [0.1, 0.15) is 34.1 Å². The third kappa shape index (κ3) is 6.61. The van der Waals surface area contributed by atoms with Crippen molar-refractivity contribution in [3.05, 3.63) is 0 Å². The molecule has 0 atom stereocenters. The van der Waals surface area contributed by atoms with Gasteiger partial charge in [-0.25, -0.2) is 12.7 Å². The van der Waals surface area contributed by atoms with Gasteiger partial charge in [-0.2, -0.15) is 0 Å². The van der Waals surface area contributed by atoms with E-state index in [0.29, 0.717) is 13.1 Å². The average Bonchev–Trinajstić information content (AvgIpc) is 2.02. The Morgan fingerprint density at radius 1 is 1.17 bits per heavy atom. The van der Waals surface area contributed by atoms with Crippen molar-refractivity contribution in [3.8, 4) is 0 Å². The van der Waals surface area contributed by atoms with Gasteiger partial charge in [0.05, 0.1) is 6.26 Å². The Morgan fingerprint density at radius 3 is 1.67 bits per heavy atom. The highest BCUT2D eigenvalue weighted by Gasteiger charge is 2.11. The summed E-state index contributed by atoms with van der Waals surface area (Å²) in [6, 6.07) is 0. The average molecular weight is 195 g/mol. The Labute approximate surface area is 76.8 Å². The lowest BCUT2D eigenvalue weighted by Crippen LogP contribution is -2.30. The van der Waals surface area contributed by atoms with Crippen molar-refractivity contribution in [1.29, 1.82) is 0 Å². The first-order chi connectivity index (χ1) is 5.52. The molecule has 0 aliphatic carbocycles. The van der Waals surface area contributed by atoms with Gasteiger partial charge in [-0.05, 0) is 6.42 Å². The minimum atomic E-state index is -2.94. The topological polar surface area (TPSA) is 37.4 Å². The van der Waals surface area contributed by atoms with Crippen LogP contribution in [-0.2, 0) is 10.0 Å². The SMILES string of the molecule is CC.CCCN(CC)S(C)(=O)=O. The highest BCUT2D eigenvalue weighted by Crippen LogP contribution is 1.97. The fourth-order valence-electron chi connectivity index (χ4n) is 0.808. The zero-order valence-electron chi connectivity index (χ0n) is 8.79. The molecule has 0 fully saturated rings. The van der Waals surface area contributed by atoms with Crippen molar-refractivity contribution < 1.29 is 8.42 Å². The van der Waals surface area contributed by atoms with Crippen molar-refractivity contribution in [2.24, 2.45) is 0 Å². The second-order valence-electron chi connectivity index (χ2n) is 2.25. The molecule has 0 amide bonds. The fourth-order valence-corrected chi connectivity index (χ4v) is 1.79. The minimum Gasteiger partial charge on any atom is -0.213 e. The lowest BCUT2D eigenvalue weighted by molar-refractivity contribution is 0.431. The Morgan fingerprint density at radius 2 is 1.58 bits per heavy atom. The Hall–Kier alpha value is -0.0900. The van der Waals surface area contributed by atoms with E-state index in [4.69, 9.17) is 0 Å². The summed E-state index contributed by atoms with van der Waals surface area (Å²) in [5.41, 5.74) is 0. The summed E-state index contributed by atoms with van der Waals surface area (Å²) < 4.78 is 23.2. The van der Waals surface area contributed by atoms with Crippen molar-refractivity contribution in [2.75, 3.05) is 19.3 Å². The van der Waals surface area contributed by atoms with Gasteiger partial charge in [-0.3, -0.25) is 0 Å². The molecule has 0 aromatic carbocycles. The smallest absolute Gasteiger partial charge is 0.211 e. The monoisotopic (exact) mass is 195 g/mol. The predicted molar refractivity (Wildman–Crippen MR) is 53.7 cm³/mol. The molecule has 0 N–H and O–H groups in total. The summed E-state index contributed by atoms with van der Waals surface area (Å²) in [6.07, 6.45) is 2.12. The maximum absolute atomic E-state index is 10.9. The Bertz CT molecular complexity index is 175. The molecule has 0 aliphatic rings. The molecule has 0 unspecified atom stereocenters. The quantitative estimate of drug-likeness (QED) is 0.684. The summed E-state index contributed by atoms with van der Waals surface area (Å²) in [5, 5.41) is 0. The van der Waals surface area contributed by atoms with Crippen LogP contribution in [-0.4, -0.2) is 32.1 Å². The molecule has 3 nitrogen and oxygen atoms in total. The van der Waals surface area contributed by atoms with Gasteiger partial charge in [0.2, 0.25) is 10.0 Å². The first-order valence-corrected chi connectivity index (χ1v) is 6.32. The van der Waals surface area contributed by atoms with E-state index < -0.39 is 10.0 Å². The van der Waals surface area contributed by atoms with Gasteiger partial charge in [0.25, 0.3) is 0 Å². The number of sulfonamides is 1. The lowest BCUT2D eigenvalue weighted by atomic mass is 10.5. The number of hydrogen-bond acceptors (Lipinski definition) is 2. The third-order valence-electron chi connectivity index (χ3n) is 1.29. The molecule has 0 radical (unpaired) electrons. The van der Waals surface area contributed by atoms with Gasteiger partial charge in [0.15, 0.2) is 0 Å². The highest BCUT2D eigenvalue weighted by atomic mass is 32.2. The zero-order valence-corrected chi connectivity index (χ0v) is 9.61. The largest absolute Gasteiger partial charge is 0.213 e. The first kappa shape index (κ1) is 14.4. The second kappa shape index (κ2) is 7.55. The van der Waals surface area contributed by atoms with Gasteiger partial charge in [0, 0.05) is 13.1 Å². The molecule has 0 aliphatic heterocycles. The standard InChI is InChI=1S/C6H15NO2S.C2H6/c1-4-6-7(5-2)10(3,8)9;1-2/h4-6H2,1-3H3;1-2H3. The minimum absolute atomic E-state index is 0.576. The number of hydrogen-bond donors (Lipinski definition) is 0. The summed E-state index contributed by atoms with van der Waals surface area (Å²) in [5.74, 6) is 0. The first-order valence-electron chi connectivity index (χ1n) is 4.47. The summed E-state index contributed by atoms with van der Waals surface area (Å²) >= 11 is 0. The van der Waals surface area contributed by atoms with Crippen LogP contribution in [0, 0.1) is 0 Å². The molecule has 76 valence electrons. The van der Waals surface area contributed by atoms with Crippen LogP contribution in [0.5, 0.6) is 0 Å². The van der Waals surface area contributed by atoms with E-state index >= 15 is 0 Å². The molecule has 0 bridgehead atoms. The maximum atomic E-state index is 10.9. The van der Waals surface area contributed by atoms with E-state index in [1.165, 1.54) is 10.6 Å². The van der Waals surface area contributed by atoms with Gasteiger partial charge >= 0.3 is 0 Å². The van der Waals surface area contributed by atoms with E-state index in [2.05, 4.69) is 0 Å². The van der Waals surface area contributed by atoms with E-state index in [0.717, 1.165) is 6.42 Å². The molecule has 0 saturated heterocycles. The van der Waals surface area contributed by atoms with Crippen molar-refractivity contribution in [1.82, 2.24) is 4.31 Å². The Kier molecular flexibility index (Phi) is 9.09. The normalized spacial score (nSPS) is 10.8. The molecular formula is C8H21NO2S. The molecule has 12 heavy (non-hydrogen) atoms. The number of rotatable bonds is 4. The number of nitrogens with zero attached hydrogens (tertiary/aromatic N) is 1. The Balaban J connectivity index is 0. The van der Waals surface area contributed by atoms with Gasteiger partial charge < -0.3 is 0 Å². The van der Waals surface area contributed by atoms with E-state index in [1.807, 2.05) is 27.7 Å². The van der Waals surface area contributed by atoms with E-state index in [1.54, 1.807) is 0 Å². The second-order valence-corrected chi connectivity index (χ2v) is 4.24. The van der Waals surface area contributed by atoms with Crippen LogP contribution in [0.15, 0.2) is 0 Å². The van der Waals surface area contributed by atoms with Crippen molar-refractivity contribution in [2.45, 2.75) is 34.1 Å². The van der Waals surface area contributed by atoms with Gasteiger partial charge in [-0.15, -0.1) is 0 Å².